The van der Waals surface area contributed by atoms with Crippen molar-refractivity contribution in [2.24, 2.45) is 0 Å². The molecule has 0 rings (SSSR count). The predicted octanol–water partition coefficient (Wildman–Crippen LogP) is 18.4. The monoisotopic (exact) mass is 919 g/mol. The maximum Gasteiger partial charge on any atom is 0.306 e. The van der Waals surface area contributed by atoms with Crippen LogP contribution in [-0.2, 0) is 28.6 Å². The summed E-state index contributed by atoms with van der Waals surface area (Å²) < 4.78 is 16.8. The summed E-state index contributed by atoms with van der Waals surface area (Å²) in [4.78, 5) is 38.1. The first-order valence-electron chi connectivity index (χ1n) is 27.7. The third-order valence-corrected chi connectivity index (χ3v) is 11.7. The molecule has 0 aliphatic heterocycles. The van der Waals surface area contributed by atoms with Gasteiger partial charge in [-0.25, -0.2) is 0 Å². The fraction of sp³-hybridized carbons (Fsp3) is 0.717. The number of rotatable bonds is 49. The van der Waals surface area contributed by atoms with E-state index < -0.39 is 6.10 Å². The Bertz CT molecular complexity index is 1290. The second-order valence-electron chi connectivity index (χ2n) is 18.3. The second kappa shape index (κ2) is 54.2. The molecule has 0 aromatic rings. The van der Waals surface area contributed by atoms with E-state index in [1.54, 1.807) is 0 Å². The van der Waals surface area contributed by atoms with Gasteiger partial charge in [-0.05, 0) is 89.9 Å². The van der Waals surface area contributed by atoms with Crippen LogP contribution in [0.3, 0.4) is 0 Å². The normalized spacial score (nSPS) is 12.7. The highest BCUT2D eigenvalue weighted by molar-refractivity contribution is 5.71. The van der Waals surface area contributed by atoms with Crippen molar-refractivity contribution in [1.82, 2.24) is 0 Å². The molecule has 0 aromatic carbocycles. The van der Waals surface area contributed by atoms with Crippen molar-refractivity contribution < 1.29 is 28.6 Å². The lowest BCUT2D eigenvalue weighted by molar-refractivity contribution is -0.167. The minimum atomic E-state index is -0.796. The van der Waals surface area contributed by atoms with Gasteiger partial charge in [-0.3, -0.25) is 14.4 Å². The van der Waals surface area contributed by atoms with Crippen molar-refractivity contribution in [3.63, 3.8) is 0 Å². The molecule has 378 valence electrons. The quantitative estimate of drug-likeness (QED) is 0.0199. The molecule has 0 saturated carbocycles. The average molecular weight is 919 g/mol. The first-order valence-corrected chi connectivity index (χ1v) is 27.7. The Hall–Kier alpha value is -3.41. The highest BCUT2D eigenvalue weighted by atomic mass is 16.6. The van der Waals surface area contributed by atoms with Gasteiger partial charge in [0.15, 0.2) is 6.10 Å². The summed E-state index contributed by atoms with van der Waals surface area (Å²) in [7, 11) is 0. The molecule has 0 aliphatic carbocycles. The Morgan fingerprint density at radius 2 is 0.591 bits per heavy atom. The lowest BCUT2D eigenvalue weighted by Gasteiger charge is -2.18. The summed E-state index contributed by atoms with van der Waals surface area (Å²) in [5.41, 5.74) is 0. The van der Waals surface area contributed by atoms with Crippen LogP contribution in [0.25, 0.3) is 0 Å². The molecule has 0 spiro atoms. The van der Waals surface area contributed by atoms with E-state index >= 15 is 0 Å². The molecule has 0 radical (unpaired) electrons. The maximum atomic E-state index is 12.8. The number of allylic oxidation sites excluding steroid dienone is 14. The molecule has 6 nitrogen and oxygen atoms in total. The predicted molar refractivity (Wildman–Crippen MR) is 284 cm³/mol. The lowest BCUT2D eigenvalue weighted by atomic mass is 10.1. The molecular weight excluding hydrogens is 817 g/mol. The van der Waals surface area contributed by atoms with Crippen LogP contribution in [0.5, 0.6) is 0 Å². The third kappa shape index (κ3) is 51.6. The van der Waals surface area contributed by atoms with Gasteiger partial charge in [-0.1, -0.05) is 234 Å². The van der Waals surface area contributed by atoms with Gasteiger partial charge in [-0.15, -0.1) is 0 Å². The van der Waals surface area contributed by atoms with Crippen LogP contribution in [0.15, 0.2) is 85.1 Å². The molecule has 0 N–H and O–H groups in total. The van der Waals surface area contributed by atoms with Crippen LogP contribution in [0.4, 0.5) is 0 Å². The minimum Gasteiger partial charge on any atom is -0.462 e. The number of carbonyl (C=O) groups is 3. The van der Waals surface area contributed by atoms with Crippen LogP contribution in [-0.4, -0.2) is 37.2 Å². The smallest absolute Gasteiger partial charge is 0.306 e. The molecule has 1 atom stereocenters. The largest absolute Gasteiger partial charge is 0.462 e. The van der Waals surface area contributed by atoms with Crippen LogP contribution < -0.4 is 0 Å². The number of hydrogen-bond donors (Lipinski definition) is 0. The van der Waals surface area contributed by atoms with E-state index in [0.717, 1.165) is 96.3 Å². The van der Waals surface area contributed by atoms with Crippen LogP contribution in [0.2, 0.25) is 0 Å². The number of esters is 3. The number of unbranched alkanes of at least 4 members (excludes halogenated alkanes) is 28. The molecule has 6 heteroatoms. The molecule has 0 bridgehead atoms. The highest BCUT2D eigenvalue weighted by Crippen LogP contribution is 2.14. The Balaban J connectivity index is 4.46. The van der Waals surface area contributed by atoms with Gasteiger partial charge in [0.1, 0.15) is 13.2 Å². The molecule has 0 fully saturated rings. The first kappa shape index (κ1) is 62.6. The van der Waals surface area contributed by atoms with Crippen molar-refractivity contribution in [3.8, 4) is 0 Å². The number of carbonyl (C=O) groups excluding carboxylic acids is 3. The van der Waals surface area contributed by atoms with E-state index in [9.17, 15) is 14.4 Å². The van der Waals surface area contributed by atoms with Crippen molar-refractivity contribution in [2.75, 3.05) is 13.2 Å². The van der Waals surface area contributed by atoms with E-state index in [2.05, 4.69) is 81.5 Å². The highest BCUT2D eigenvalue weighted by Gasteiger charge is 2.19. The first-order chi connectivity index (χ1) is 32.5. The summed E-state index contributed by atoms with van der Waals surface area (Å²) in [6.45, 7) is 6.51. The third-order valence-electron chi connectivity index (χ3n) is 11.7. The van der Waals surface area contributed by atoms with Crippen LogP contribution >= 0.6 is 0 Å². The fourth-order valence-electron chi connectivity index (χ4n) is 7.52. The Morgan fingerprint density at radius 3 is 0.970 bits per heavy atom. The topological polar surface area (TPSA) is 78.9 Å². The van der Waals surface area contributed by atoms with Gasteiger partial charge in [0.2, 0.25) is 0 Å². The minimum absolute atomic E-state index is 0.0947. The Morgan fingerprint density at radius 1 is 0.303 bits per heavy atom. The van der Waals surface area contributed by atoms with Crippen LogP contribution in [0.1, 0.15) is 258 Å². The summed E-state index contributed by atoms with van der Waals surface area (Å²) in [5, 5.41) is 0. The fourth-order valence-corrected chi connectivity index (χ4v) is 7.52. The molecular formula is C60H102O6. The number of hydrogen-bond acceptors (Lipinski definition) is 6. The molecule has 0 heterocycles. The second-order valence-corrected chi connectivity index (χ2v) is 18.3. The standard InChI is InChI=1S/C60H102O6/c1-4-7-10-13-16-19-22-25-27-29-31-32-35-38-41-44-47-50-53-59(62)65-56-57(55-64-58(61)52-49-46-43-40-37-34-24-21-18-15-12-9-6-3)66-60(63)54-51-48-45-42-39-36-33-30-28-26-23-20-17-14-11-8-5-2/h10,13,16,19,22,25-29,31-32,34,37,57H,4-9,11-12,14-15,17-18,20-21,23-24,30,33,35-36,38-56H2,1-3H3/b13-10-,19-16-,25-22-,28-26-,29-27-,32-31-,37-34-. The van der Waals surface area contributed by atoms with Gasteiger partial charge < -0.3 is 14.2 Å². The van der Waals surface area contributed by atoms with Crippen molar-refractivity contribution in [1.29, 1.82) is 0 Å². The number of ether oxygens (including phenoxy) is 3. The van der Waals surface area contributed by atoms with Crippen molar-refractivity contribution >= 4 is 17.9 Å². The molecule has 0 saturated heterocycles. The van der Waals surface area contributed by atoms with Gasteiger partial charge in [0.05, 0.1) is 0 Å². The summed E-state index contributed by atoms with van der Waals surface area (Å²) in [6.07, 6.45) is 69.9. The lowest BCUT2D eigenvalue weighted by Crippen LogP contribution is -2.30. The maximum absolute atomic E-state index is 12.8. The zero-order chi connectivity index (χ0) is 47.9. The SMILES string of the molecule is CCC\C=C/C=C\C=C/C=C\C=C/CCCCCCCC(=O)OCC(COC(=O)CCCCC/C=C\CCCCCCCC)OC(=O)CCCCCCCCC/C=C\CCCCCCCC. The van der Waals surface area contributed by atoms with Crippen molar-refractivity contribution in [2.45, 2.75) is 264 Å². The molecule has 0 aliphatic rings. The van der Waals surface area contributed by atoms with Crippen LogP contribution in [0, 0.1) is 0 Å². The Labute approximate surface area is 407 Å². The molecule has 66 heavy (non-hydrogen) atoms. The van der Waals surface area contributed by atoms with Gasteiger partial charge in [0.25, 0.3) is 0 Å². The molecule has 1 unspecified atom stereocenters. The van der Waals surface area contributed by atoms with Gasteiger partial charge in [0, 0.05) is 19.3 Å². The summed E-state index contributed by atoms with van der Waals surface area (Å²) in [5.74, 6) is -0.936. The van der Waals surface area contributed by atoms with Gasteiger partial charge in [-0.2, -0.15) is 0 Å². The Kier molecular flexibility index (Phi) is 51.4. The van der Waals surface area contributed by atoms with Gasteiger partial charge >= 0.3 is 17.9 Å². The van der Waals surface area contributed by atoms with Crippen molar-refractivity contribution in [3.05, 3.63) is 85.1 Å². The van der Waals surface area contributed by atoms with E-state index in [0.29, 0.717) is 19.3 Å². The van der Waals surface area contributed by atoms with E-state index in [1.165, 1.54) is 122 Å². The van der Waals surface area contributed by atoms with E-state index in [4.69, 9.17) is 14.2 Å². The zero-order valence-electron chi connectivity index (χ0n) is 43.2. The average Bonchev–Trinajstić information content (AvgIpc) is 3.31. The summed E-state index contributed by atoms with van der Waals surface area (Å²) >= 11 is 0. The molecule has 0 aromatic heterocycles. The zero-order valence-corrected chi connectivity index (χ0v) is 43.2. The molecule has 0 amide bonds. The van der Waals surface area contributed by atoms with E-state index in [1.807, 2.05) is 24.3 Å². The summed E-state index contributed by atoms with van der Waals surface area (Å²) in [6, 6.07) is 0. The van der Waals surface area contributed by atoms with E-state index in [-0.39, 0.29) is 31.1 Å².